The zero-order chi connectivity index (χ0) is 10.8. The lowest BCUT2D eigenvalue weighted by molar-refractivity contribution is -0.130. The molecule has 0 amide bonds. The van der Waals surface area contributed by atoms with E-state index in [1.807, 2.05) is 0 Å². The molecule has 0 aromatic heterocycles. The van der Waals surface area contributed by atoms with Gasteiger partial charge in [0.2, 0.25) is 0 Å². The minimum absolute atomic E-state index is 0.188. The van der Waals surface area contributed by atoms with Crippen LogP contribution in [0, 0.1) is 5.82 Å². The van der Waals surface area contributed by atoms with Crippen LogP contribution in [0.2, 0.25) is 0 Å². The lowest BCUT2D eigenvalue weighted by atomic mass is 10.1. The summed E-state index contributed by atoms with van der Waals surface area (Å²) >= 11 is 0. The third-order valence-corrected chi connectivity index (χ3v) is 2.09. The van der Waals surface area contributed by atoms with Crippen molar-refractivity contribution in [3.63, 3.8) is 0 Å². The molecule has 1 heterocycles. The highest BCUT2D eigenvalue weighted by atomic mass is 19.1. The first-order valence-electron chi connectivity index (χ1n) is 4.36. The van der Waals surface area contributed by atoms with E-state index in [1.165, 1.54) is 12.1 Å². The number of halogens is 1. The summed E-state index contributed by atoms with van der Waals surface area (Å²) in [7, 11) is 0. The van der Waals surface area contributed by atoms with E-state index in [1.54, 1.807) is 12.1 Å². The minimum Gasteiger partial charge on any atom is -0.474 e. The summed E-state index contributed by atoms with van der Waals surface area (Å²) in [6.45, 7) is 0.188. The predicted octanol–water partition coefficient (Wildman–Crippen LogP) is 1.38. The number of carboxylic acids is 1. The van der Waals surface area contributed by atoms with Gasteiger partial charge < -0.3 is 9.84 Å². The molecule has 4 nitrogen and oxygen atoms in total. The molecule has 0 saturated heterocycles. The molecule has 1 N–H and O–H groups in total. The van der Waals surface area contributed by atoms with Crippen LogP contribution in [0.15, 0.2) is 29.3 Å². The molecule has 0 spiro atoms. The molecule has 1 aliphatic rings. The van der Waals surface area contributed by atoms with E-state index in [0.29, 0.717) is 0 Å². The number of ether oxygens (including phenoxy) is 1. The summed E-state index contributed by atoms with van der Waals surface area (Å²) in [4.78, 5) is 14.4. The van der Waals surface area contributed by atoms with Crippen molar-refractivity contribution in [1.82, 2.24) is 0 Å². The van der Waals surface area contributed by atoms with E-state index >= 15 is 0 Å². The molecule has 78 valence electrons. The van der Waals surface area contributed by atoms with E-state index in [-0.39, 0.29) is 24.4 Å². The Bertz CT molecular complexity index is 413. The first-order valence-corrected chi connectivity index (χ1v) is 4.36. The Balaban J connectivity index is 2.20. The molecular weight excluding hydrogens is 201 g/mol. The molecule has 0 radical (unpaired) electrons. The Morgan fingerprint density at radius 1 is 1.47 bits per heavy atom. The molecule has 15 heavy (non-hydrogen) atoms. The highest BCUT2D eigenvalue weighted by molar-refractivity contribution is 6.32. The second-order valence-corrected chi connectivity index (χ2v) is 3.12. The van der Waals surface area contributed by atoms with Gasteiger partial charge in [-0.15, -0.1) is 0 Å². The zero-order valence-electron chi connectivity index (χ0n) is 7.68. The molecule has 1 aromatic rings. The van der Waals surface area contributed by atoms with Crippen LogP contribution in [0.5, 0.6) is 0 Å². The number of benzene rings is 1. The zero-order valence-corrected chi connectivity index (χ0v) is 7.68. The van der Waals surface area contributed by atoms with Gasteiger partial charge in [-0.2, -0.15) is 0 Å². The number of aliphatic imine (C=N–C) groups is 1. The second kappa shape index (κ2) is 3.68. The van der Waals surface area contributed by atoms with E-state index in [2.05, 4.69) is 4.99 Å². The van der Waals surface area contributed by atoms with Gasteiger partial charge in [0.05, 0.1) is 0 Å². The number of hydrogen-bond acceptors (Lipinski definition) is 3. The summed E-state index contributed by atoms with van der Waals surface area (Å²) in [6, 6.07) is 5.40. The highest BCUT2D eigenvalue weighted by Gasteiger charge is 2.24. The van der Waals surface area contributed by atoms with Crippen LogP contribution in [0.3, 0.4) is 0 Å². The topological polar surface area (TPSA) is 58.9 Å². The Morgan fingerprint density at radius 3 is 2.67 bits per heavy atom. The van der Waals surface area contributed by atoms with Crippen molar-refractivity contribution in [3.05, 3.63) is 35.6 Å². The third kappa shape index (κ3) is 1.96. The highest BCUT2D eigenvalue weighted by Crippen LogP contribution is 2.22. The van der Waals surface area contributed by atoms with E-state index in [9.17, 15) is 9.18 Å². The third-order valence-electron chi connectivity index (χ3n) is 2.09. The summed E-state index contributed by atoms with van der Waals surface area (Å²) in [6.07, 6.45) is 0. The molecular formula is C10H8FNO3. The molecule has 1 atom stereocenters. The summed E-state index contributed by atoms with van der Waals surface area (Å²) in [5.74, 6) is -1.80. The van der Waals surface area contributed by atoms with Crippen LogP contribution in [-0.4, -0.2) is 23.6 Å². The lowest BCUT2D eigenvalue weighted by Crippen LogP contribution is -2.12. The van der Waals surface area contributed by atoms with Gasteiger partial charge in [0.15, 0.2) is 0 Å². The number of hydrogen-bond donors (Lipinski definition) is 1. The standard InChI is InChI=1S/C10H8FNO3/c11-7-3-1-6(2-4-7)8-5-15-9(12-8)10(13)14/h1-4,8H,5H2,(H,13,14). The fourth-order valence-electron chi connectivity index (χ4n) is 1.35. The Morgan fingerprint density at radius 2 is 2.13 bits per heavy atom. The lowest BCUT2D eigenvalue weighted by Gasteiger charge is -2.03. The van der Waals surface area contributed by atoms with Crippen molar-refractivity contribution in [2.45, 2.75) is 6.04 Å². The van der Waals surface area contributed by atoms with Gasteiger partial charge in [0.25, 0.3) is 5.90 Å². The molecule has 0 bridgehead atoms. The van der Waals surface area contributed by atoms with E-state index in [4.69, 9.17) is 9.84 Å². The number of carbonyl (C=O) groups is 1. The molecule has 0 aliphatic carbocycles. The number of aliphatic carboxylic acids is 1. The van der Waals surface area contributed by atoms with Gasteiger partial charge in [-0.3, -0.25) is 0 Å². The van der Waals surface area contributed by atoms with E-state index < -0.39 is 5.97 Å². The summed E-state index contributed by atoms with van der Waals surface area (Å²) in [5, 5.41) is 8.61. The maximum Gasteiger partial charge on any atom is 0.391 e. The molecule has 5 heteroatoms. The van der Waals surface area contributed by atoms with Crippen LogP contribution < -0.4 is 0 Å². The van der Waals surface area contributed by atoms with Crippen molar-refractivity contribution in [3.8, 4) is 0 Å². The maximum atomic E-state index is 12.6. The van der Waals surface area contributed by atoms with Crippen LogP contribution in [0.1, 0.15) is 11.6 Å². The normalized spacial score (nSPS) is 19.5. The molecule has 1 aromatic carbocycles. The summed E-state index contributed by atoms with van der Waals surface area (Å²) < 4.78 is 17.5. The summed E-state index contributed by atoms with van der Waals surface area (Å²) in [5.41, 5.74) is 0.743. The van der Waals surface area contributed by atoms with Crippen molar-refractivity contribution in [2.75, 3.05) is 6.61 Å². The number of rotatable bonds is 2. The smallest absolute Gasteiger partial charge is 0.391 e. The second-order valence-electron chi connectivity index (χ2n) is 3.12. The van der Waals surface area contributed by atoms with Crippen molar-refractivity contribution >= 4 is 11.9 Å². The predicted molar refractivity (Wildman–Crippen MR) is 50.2 cm³/mol. The van der Waals surface area contributed by atoms with Gasteiger partial charge in [-0.1, -0.05) is 12.1 Å². The first kappa shape index (κ1) is 9.64. The molecule has 1 aliphatic heterocycles. The van der Waals surface area contributed by atoms with Crippen molar-refractivity contribution in [1.29, 1.82) is 0 Å². The van der Waals surface area contributed by atoms with Crippen LogP contribution >= 0.6 is 0 Å². The van der Waals surface area contributed by atoms with Gasteiger partial charge >= 0.3 is 5.97 Å². The monoisotopic (exact) mass is 209 g/mol. The quantitative estimate of drug-likeness (QED) is 0.800. The van der Waals surface area contributed by atoms with Crippen molar-refractivity contribution < 1.29 is 19.0 Å². The van der Waals surface area contributed by atoms with Crippen LogP contribution in [-0.2, 0) is 9.53 Å². The number of nitrogens with zero attached hydrogens (tertiary/aromatic N) is 1. The van der Waals surface area contributed by atoms with Gasteiger partial charge in [-0.05, 0) is 17.7 Å². The van der Waals surface area contributed by atoms with E-state index in [0.717, 1.165) is 5.56 Å². The average molecular weight is 209 g/mol. The Labute approximate surface area is 85.0 Å². The van der Waals surface area contributed by atoms with Crippen LogP contribution in [0.4, 0.5) is 4.39 Å². The first-order chi connectivity index (χ1) is 7.16. The molecule has 1 unspecified atom stereocenters. The number of carboxylic acid groups (broad SMARTS) is 1. The fourth-order valence-corrected chi connectivity index (χ4v) is 1.35. The average Bonchev–Trinajstić information content (AvgIpc) is 2.68. The minimum atomic E-state index is -1.18. The van der Waals surface area contributed by atoms with Gasteiger partial charge in [0.1, 0.15) is 18.5 Å². The SMILES string of the molecule is O=C(O)C1=NC(c2ccc(F)cc2)CO1. The molecule has 2 rings (SSSR count). The van der Waals surface area contributed by atoms with Crippen molar-refractivity contribution in [2.24, 2.45) is 4.99 Å². The van der Waals surface area contributed by atoms with Gasteiger partial charge in [-0.25, -0.2) is 14.2 Å². The van der Waals surface area contributed by atoms with Crippen LogP contribution in [0.25, 0.3) is 0 Å². The Hall–Kier alpha value is -1.91. The Kier molecular flexibility index (Phi) is 2.37. The fraction of sp³-hybridized carbons (Fsp3) is 0.200. The largest absolute Gasteiger partial charge is 0.474 e. The van der Waals surface area contributed by atoms with Gasteiger partial charge in [0, 0.05) is 0 Å². The maximum absolute atomic E-state index is 12.6. The molecule has 0 saturated carbocycles. The molecule has 0 fully saturated rings.